The average Bonchev–Trinajstić information content (AvgIpc) is 3.61. The second-order valence-electron chi connectivity index (χ2n) is 8.98. The van der Waals surface area contributed by atoms with Gasteiger partial charge >= 0.3 is 0 Å². The number of anilines is 2. The van der Waals surface area contributed by atoms with Gasteiger partial charge in [-0.05, 0) is 66.7 Å². The molecule has 1 aliphatic heterocycles. The summed E-state index contributed by atoms with van der Waals surface area (Å²) in [5, 5.41) is 5.97. The fraction of sp³-hybridized carbons (Fsp3) is 0.129. The van der Waals surface area contributed by atoms with Crippen LogP contribution in [0.1, 0.15) is 16.1 Å². The molecule has 42 heavy (non-hydrogen) atoms. The molecule has 2 N–H and O–H groups in total. The smallest absolute Gasteiger partial charge is 0.278 e. The van der Waals surface area contributed by atoms with Crippen molar-refractivity contribution < 1.29 is 33.0 Å². The zero-order valence-corrected chi connectivity index (χ0v) is 23.8. The van der Waals surface area contributed by atoms with Crippen LogP contribution in [0, 0.1) is 0 Å². The number of hydrogen-bond donors (Lipinski definition) is 2. The van der Waals surface area contributed by atoms with Gasteiger partial charge in [0, 0.05) is 22.3 Å². The third-order valence-corrected chi connectivity index (χ3v) is 7.42. The topological polar surface area (TPSA) is 119 Å². The van der Waals surface area contributed by atoms with E-state index in [2.05, 4.69) is 10.6 Å². The van der Waals surface area contributed by atoms with E-state index in [1.165, 1.54) is 20.5 Å². The second-order valence-corrected chi connectivity index (χ2v) is 10.1. The number of thioether (sulfide) groups is 1. The summed E-state index contributed by atoms with van der Waals surface area (Å²) in [6, 6.07) is 22.3. The largest absolute Gasteiger partial charge is 0.497 e. The van der Waals surface area contributed by atoms with E-state index in [4.69, 9.17) is 18.6 Å². The van der Waals surface area contributed by atoms with Crippen LogP contribution >= 0.6 is 11.8 Å². The Hall–Kier alpha value is -5.16. The SMILES string of the molecule is COc1ccc(NC2=C(Sc3cccc(NC(=O)c4ccc(OC)cc4OC)c3)C(=O)N(Cc3ccco3)C2=O)cc1. The van der Waals surface area contributed by atoms with Crippen LogP contribution in [0.25, 0.3) is 0 Å². The van der Waals surface area contributed by atoms with Gasteiger partial charge in [0.25, 0.3) is 17.7 Å². The molecule has 0 radical (unpaired) electrons. The van der Waals surface area contributed by atoms with Crippen LogP contribution in [0.3, 0.4) is 0 Å². The third kappa shape index (κ3) is 6.11. The minimum Gasteiger partial charge on any atom is -0.497 e. The number of ether oxygens (including phenoxy) is 3. The zero-order chi connectivity index (χ0) is 29.6. The summed E-state index contributed by atoms with van der Waals surface area (Å²) < 4.78 is 21.2. The van der Waals surface area contributed by atoms with E-state index in [1.807, 2.05) is 0 Å². The van der Waals surface area contributed by atoms with Crippen molar-refractivity contribution in [1.82, 2.24) is 4.90 Å². The molecule has 0 atom stereocenters. The van der Waals surface area contributed by atoms with Crippen molar-refractivity contribution in [2.24, 2.45) is 0 Å². The van der Waals surface area contributed by atoms with E-state index in [-0.39, 0.29) is 23.1 Å². The highest BCUT2D eigenvalue weighted by molar-refractivity contribution is 8.04. The van der Waals surface area contributed by atoms with Gasteiger partial charge in [0.1, 0.15) is 33.6 Å². The number of amides is 3. The van der Waals surface area contributed by atoms with Gasteiger partial charge in [-0.2, -0.15) is 0 Å². The van der Waals surface area contributed by atoms with Gasteiger partial charge in [0.05, 0.1) is 39.7 Å². The molecule has 2 heterocycles. The van der Waals surface area contributed by atoms with Crippen molar-refractivity contribution in [3.63, 3.8) is 0 Å². The molecule has 0 fully saturated rings. The summed E-state index contributed by atoms with van der Waals surface area (Å²) in [6.07, 6.45) is 1.49. The summed E-state index contributed by atoms with van der Waals surface area (Å²) in [4.78, 5) is 42.1. The molecule has 4 aromatic rings. The van der Waals surface area contributed by atoms with Gasteiger partial charge in [-0.1, -0.05) is 17.8 Å². The molecule has 0 saturated carbocycles. The Morgan fingerprint density at radius 3 is 2.29 bits per heavy atom. The Labute approximate surface area is 246 Å². The van der Waals surface area contributed by atoms with E-state index in [9.17, 15) is 14.4 Å². The number of imide groups is 1. The lowest BCUT2D eigenvalue weighted by Crippen LogP contribution is -2.31. The van der Waals surface area contributed by atoms with Gasteiger partial charge in [0.2, 0.25) is 0 Å². The summed E-state index contributed by atoms with van der Waals surface area (Å²) >= 11 is 1.12. The number of carbonyl (C=O) groups excluding carboxylic acids is 3. The van der Waals surface area contributed by atoms with Crippen LogP contribution < -0.4 is 24.8 Å². The molecule has 0 spiro atoms. The number of benzene rings is 3. The number of nitrogens with zero attached hydrogens (tertiary/aromatic N) is 1. The molecule has 10 nitrogen and oxygen atoms in total. The molecule has 3 aromatic carbocycles. The molecule has 0 aliphatic carbocycles. The van der Waals surface area contributed by atoms with Gasteiger partial charge in [-0.25, -0.2) is 0 Å². The molecule has 3 amide bonds. The van der Waals surface area contributed by atoms with E-state index < -0.39 is 11.8 Å². The minimum absolute atomic E-state index is 0.0116. The maximum Gasteiger partial charge on any atom is 0.278 e. The zero-order valence-electron chi connectivity index (χ0n) is 23.0. The van der Waals surface area contributed by atoms with Crippen molar-refractivity contribution in [3.05, 3.63) is 107 Å². The molecule has 0 unspecified atom stereocenters. The van der Waals surface area contributed by atoms with Gasteiger partial charge in [-0.15, -0.1) is 0 Å². The molecule has 214 valence electrons. The first-order valence-electron chi connectivity index (χ1n) is 12.8. The number of furan rings is 1. The number of carbonyl (C=O) groups is 3. The van der Waals surface area contributed by atoms with Gasteiger partial charge in [0.15, 0.2) is 0 Å². The molecule has 5 rings (SSSR count). The van der Waals surface area contributed by atoms with Crippen molar-refractivity contribution in [2.45, 2.75) is 11.4 Å². The van der Waals surface area contributed by atoms with Crippen LogP contribution in [0.2, 0.25) is 0 Å². The van der Waals surface area contributed by atoms with E-state index in [1.54, 1.807) is 86.0 Å². The monoisotopic (exact) mass is 585 g/mol. The minimum atomic E-state index is -0.481. The Morgan fingerprint density at radius 2 is 1.60 bits per heavy atom. The highest BCUT2D eigenvalue weighted by atomic mass is 32.2. The normalized spacial score (nSPS) is 12.9. The number of nitrogens with one attached hydrogen (secondary N) is 2. The first kappa shape index (κ1) is 28.4. The van der Waals surface area contributed by atoms with Crippen LogP contribution in [0.4, 0.5) is 11.4 Å². The predicted molar refractivity (Wildman–Crippen MR) is 158 cm³/mol. The summed E-state index contributed by atoms with van der Waals surface area (Å²) in [5.74, 6) is 0.735. The van der Waals surface area contributed by atoms with Gasteiger partial charge in [-0.3, -0.25) is 19.3 Å². The quantitative estimate of drug-likeness (QED) is 0.219. The average molecular weight is 586 g/mol. The maximum atomic E-state index is 13.5. The number of rotatable bonds is 11. The highest BCUT2D eigenvalue weighted by Gasteiger charge is 2.39. The van der Waals surface area contributed by atoms with Gasteiger partial charge < -0.3 is 29.3 Å². The molecule has 0 bridgehead atoms. The van der Waals surface area contributed by atoms with Crippen molar-refractivity contribution >= 4 is 40.9 Å². The second kappa shape index (κ2) is 12.6. The Balaban J connectivity index is 1.41. The summed E-state index contributed by atoms with van der Waals surface area (Å²) in [6.45, 7) is -0.0116. The number of hydrogen-bond acceptors (Lipinski definition) is 9. The van der Waals surface area contributed by atoms with Crippen LogP contribution in [0.5, 0.6) is 17.2 Å². The lowest BCUT2D eigenvalue weighted by molar-refractivity contribution is -0.138. The standard InChI is InChI=1S/C31H27N3O7S/c1-38-21-11-9-19(10-12-21)32-27-28(31(37)34(30(27)36)18-23-7-5-15-41-23)42-24-8-4-6-20(16-24)33-29(35)25-14-13-22(39-2)17-26(25)40-3/h4-17,32H,18H2,1-3H3,(H,33,35). The molecule has 11 heteroatoms. The first-order valence-corrected chi connectivity index (χ1v) is 13.6. The van der Waals surface area contributed by atoms with E-state index in [0.29, 0.717) is 44.8 Å². The lowest BCUT2D eigenvalue weighted by Gasteiger charge is -2.13. The van der Waals surface area contributed by atoms with Crippen molar-refractivity contribution in [3.8, 4) is 17.2 Å². The third-order valence-electron chi connectivity index (χ3n) is 6.34. The molecule has 1 aromatic heterocycles. The summed E-state index contributed by atoms with van der Waals surface area (Å²) in [5.41, 5.74) is 1.58. The molecule has 1 aliphatic rings. The fourth-order valence-corrected chi connectivity index (χ4v) is 5.23. The van der Waals surface area contributed by atoms with E-state index in [0.717, 1.165) is 16.7 Å². The van der Waals surface area contributed by atoms with Crippen LogP contribution in [-0.2, 0) is 16.1 Å². The maximum absolute atomic E-state index is 13.5. The number of methoxy groups -OCH3 is 3. The van der Waals surface area contributed by atoms with Crippen LogP contribution in [-0.4, -0.2) is 44.0 Å². The predicted octanol–water partition coefficient (Wildman–Crippen LogP) is 5.54. The molecular formula is C31H27N3O7S. The van der Waals surface area contributed by atoms with E-state index >= 15 is 0 Å². The molecular weight excluding hydrogens is 558 g/mol. The van der Waals surface area contributed by atoms with Crippen LogP contribution in [0.15, 0.2) is 105 Å². The Kier molecular flexibility index (Phi) is 8.49. The Morgan fingerprint density at radius 1 is 0.833 bits per heavy atom. The van der Waals surface area contributed by atoms with Crippen molar-refractivity contribution in [2.75, 3.05) is 32.0 Å². The van der Waals surface area contributed by atoms with Crippen molar-refractivity contribution in [1.29, 1.82) is 0 Å². The first-order chi connectivity index (χ1) is 20.4. The highest BCUT2D eigenvalue weighted by Crippen LogP contribution is 2.37. The molecule has 0 saturated heterocycles. The Bertz CT molecular complexity index is 1650. The summed E-state index contributed by atoms with van der Waals surface area (Å²) in [7, 11) is 4.57. The lowest BCUT2D eigenvalue weighted by atomic mass is 10.1. The fourth-order valence-electron chi connectivity index (χ4n) is 4.22.